The number of carbonyl (C=O) groups excluding carboxylic acids is 2. The minimum absolute atomic E-state index is 0.0982. The number of aliphatic hydroxyl groups is 2. The lowest BCUT2D eigenvalue weighted by Gasteiger charge is -2.26. The van der Waals surface area contributed by atoms with E-state index in [1.54, 1.807) is 0 Å². The molecule has 0 unspecified atom stereocenters. The second-order valence-electron chi connectivity index (χ2n) is 3.23. The van der Waals surface area contributed by atoms with Crippen LogP contribution in [-0.2, 0) is 9.47 Å². The molecule has 84 valence electrons. The van der Waals surface area contributed by atoms with Crippen LogP contribution in [0.4, 0.5) is 0 Å². The number of esters is 2. The van der Waals surface area contributed by atoms with Gasteiger partial charge < -0.3 is 19.7 Å². The SMILES string of the molecule is O=C1OC(O)(CO)OC(=O)c2cccc1c2. The molecule has 6 heteroatoms. The number of fused-ring (bicyclic) bond motifs is 2. The molecule has 1 aromatic carbocycles. The summed E-state index contributed by atoms with van der Waals surface area (Å²) in [5.41, 5.74) is 0.196. The van der Waals surface area contributed by atoms with Crippen molar-refractivity contribution in [2.45, 2.75) is 5.97 Å². The van der Waals surface area contributed by atoms with E-state index in [9.17, 15) is 14.7 Å². The van der Waals surface area contributed by atoms with E-state index in [0.717, 1.165) is 0 Å². The number of benzene rings is 1. The number of ether oxygens (including phenoxy) is 2. The second-order valence-corrected chi connectivity index (χ2v) is 3.23. The number of carbonyl (C=O) groups is 2. The van der Waals surface area contributed by atoms with E-state index in [2.05, 4.69) is 9.47 Å². The average molecular weight is 224 g/mol. The van der Waals surface area contributed by atoms with E-state index in [4.69, 9.17) is 5.11 Å². The highest BCUT2D eigenvalue weighted by molar-refractivity contribution is 5.96. The Balaban J connectivity index is 2.48. The van der Waals surface area contributed by atoms with Crippen molar-refractivity contribution in [2.75, 3.05) is 6.61 Å². The van der Waals surface area contributed by atoms with Crippen molar-refractivity contribution in [3.8, 4) is 0 Å². The monoisotopic (exact) mass is 224 g/mol. The molecule has 1 heterocycles. The summed E-state index contributed by atoms with van der Waals surface area (Å²) in [4.78, 5) is 22.9. The largest absolute Gasteiger partial charge is 0.398 e. The van der Waals surface area contributed by atoms with Crippen LogP contribution in [0, 0.1) is 0 Å². The summed E-state index contributed by atoms with van der Waals surface area (Å²) in [6.07, 6.45) is 0. The molecular formula is C10H8O6. The maximum atomic E-state index is 11.4. The summed E-state index contributed by atoms with van der Waals surface area (Å²) in [5.74, 6) is -4.39. The minimum atomic E-state index is -2.63. The molecule has 1 aliphatic rings. The third kappa shape index (κ3) is 1.75. The average Bonchev–Trinajstić information content (AvgIpc) is 2.28. The van der Waals surface area contributed by atoms with Gasteiger partial charge in [-0.1, -0.05) is 6.07 Å². The fraction of sp³-hybridized carbons (Fsp3) is 0.200. The summed E-state index contributed by atoms with van der Waals surface area (Å²) in [5, 5.41) is 18.3. The third-order valence-electron chi connectivity index (χ3n) is 2.04. The number of rotatable bonds is 1. The lowest BCUT2D eigenvalue weighted by Crippen LogP contribution is -2.44. The Labute approximate surface area is 90.0 Å². The standard InChI is InChI=1S/C10H8O6/c11-5-10(14)15-8(12)6-2-1-3-7(4-6)9(13)16-10/h1-4,11,14H,5H2. The van der Waals surface area contributed by atoms with Gasteiger partial charge in [-0.05, 0) is 18.2 Å². The highest BCUT2D eigenvalue weighted by Crippen LogP contribution is 2.19. The number of hydrogen-bond donors (Lipinski definition) is 2. The normalized spacial score (nSPS) is 18.1. The Bertz CT molecular complexity index is 419. The van der Waals surface area contributed by atoms with Crippen molar-refractivity contribution in [3.63, 3.8) is 0 Å². The van der Waals surface area contributed by atoms with Gasteiger partial charge in [-0.3, -0.25) is 0 Å². The predicted octanol–water partition coefficient (Wildman–Crippen LogP) is -0.348. The van der Waals surface area contributed by atoms with Gasteiger partial charge in [-0.25, -0.2) is 9.59 Å². The predicted molar refractivity (Wildman–Crippen MR) is 49.3 cm³/mol. The van der Waals surface area contributed by atoms with Gasteiger partial charge in [0.15, 0.2) is 0 Å². The number of aliphatic hydroxyl groups excluding tert-OH is 1. The summed E-state index contributed by atoms with van der Waals surface area (Å²) in [6.45, 7) is -1.03. The van der Waals surface area contributed by atoms with Crippen LogP contribution in [0.2, 0.25) is 0 Å². The molecule has 0 spiro atoms. The van der Waals surface area contributed by atoms with Gasteiger partial charge in [-0.2, -0.15) is 0 Å². The molecule has 0 fully saturated rings. The first-order valence-electron chi connectivity index (χ1n) is 4.44. The molecular weight excluding hydrogens is 216 g/mol. The van der Waals surface area contributed by atoms with Crippen LogP contribution in [0.15, 0.2) is 24.3 Å². The zero-order valence-corrected chi connectivity index (χ0v) is 8.04. The Morgan fingerprint density at radius 3 is 2.06 bits per heavy atom. The maximum Gasteiger partial charge on any atom is 0.398 e. The van der Waals surface area contributed by atoms with Gasteiger partial charge in [0.2, 0.25) is 0 Å². The van der Waals surface area contributed by atoms with Crippen molar-refractivity contribution in [1.82, 2.24) is 0 Å². The Morgan fingerprint density at radius 1 is 1.12 bits per heavy atom. The minimum Gasteiger partial charge on any atom is -0.393 e. The van der Waals surface area contributed by atoms with Gasteiger partial charge >= 0.3 is 17.9 Å². The van der Waals surface area contributed by atoms with Crippen molar-refractivity contribution in [3.05, 3.63) is 35.4 Å². The van der Waals surface area contributed by atoms with Crippen LogP contribution in [0.25, 0.3) is 0 Å². The second kappa shape index (κ2) is 3.58. The molecule has 0 amide bonds. The van der Waals surface area contributed by atoms with Gasteiger partial charge in [0.25, 0.3) is 0 Å². The Morgan fingerprint density at radius 2 is 1.62 bits per heavy atom. The molecule has 1 aromatic rings. The van der Waals surface area contributed by atoms with Crippen molar-refractivity contribution < 1.29 is 29.3 Å². The first-order valence-corrected chi connectivity index (χ1v) is 4.44. The lowest BCUT2D eigenvalue weighted by molar-refractivity contribution is -0.318. The summed E-state index contributed by atoms with van der Waals surface area (Å²) < 4.78 is 8.92. The van der Waals surface area contributed by atoms with Crippen LogP contribution < -0.4 is 0 Å². The summed E-state index contributed by atoms with van der Waals surface area (Å²) in [7, 11) is 0. The molecule has 0 saturated heterocycles. The molecule has 0 atom stereocenters. The van der Waals surface area contributed by atoms with Crippen LogP contribution in [0.5, 0.6) is 0 Å². The van der Waals surface area contributed by atoms with Crippen LogP contribution in [-0.4, -0.2) is 34.7 Å². The first kappa shape index (κ1) is 10.6. The Hall–Kier alpha value is -1.92. The van der Waals surface area contributed by atoms with Crippen molar-refractivity contribution in [1.29, 1.82) is 0 Å². The van der Waals surface area contributed by atoms with Crippen molar-refractivity contribution >= 4 is 11.9 Å². The molecule has 0 aliphatic carbocycles. The zero-order chi connectivity index (χ0) is 11.8. The molecule has 0 aromatic heterocycles. The zero-order valence-electron chi connectivity index (χ0n) is 8.04. The smallest absolute Gasteiger partial charge is 0.393 e. The maximum absolute atomic E-state index is 11.4. The molecule has 2 N–H and O–H groups in total. The van der Waals surface area contributed by atoms with E-state index in [0.29, 0.717) is 0 Å². The van der Waals surface area contributed by atoms with Gasteiger partial charge in [-0.15, -0.1) is 0 Å². The molecule has 6 nitrogen and oxygen atoms in total. The summed E-state index contributed by atoms with van der Waals surface area (Å²) in [6, 6.07) is 5.60. The Kier molecular flexibility index (Phi) is 2.37. The quantitative estimate of drug-likeness (QED) is 0.633. The van der Waals surface area contributed by atoms with E-state index in [-0.39, 0.29) is 11.1 Å². The fourth-order valence-corrected chi connectivity index (χ4v) is 1.27. The van der Waals surface area contributed by atoms with Crippen LogP contribution in [0.3, 0.4) is 0 Å². The van der Waals surface area contributed by atoms with E-state index in [1.807, 2.05) is 0 Å². The molecule has 1 aliphatic heterocycles. The van der Waals surface area contributed by atoms with Crippen LogP contribution >= 0.6 is 0 Å². The van der Waals surface area contributed by atoms with Gasteiger partial charge in [0, 0.05) is 0 Å². The fourth-order valence-electron chi connectivity index (χ4n) is 1.27. The first-order chi connectivity index (χ1) is 7.54. The molecule has 0 radical (unpaired) electrons. The van der Waals surface area contributed by atoms with E-state index < -0.39 is 24.5 Å². The lowest BCUT2D eigenvalue weighted by atomic mass is 10.1. The topological polar surface area (TPSA) is 93.1 Å². The van der Waals surface area contributed by atoms with E-state index in [1.165, 1.54) is 24.3 Å². The van der Waals surface area contributed by atoms with Crippen LogP contribution in [0.1, 0.15) is 20.7 Å². The molecule has 2 bridgehead atoms. The molecule has 16 heavy (non-hydrogen) atoms. The highest BCUT2D eigenvalue weighted by Gasteiger charge is 2.38. The molecule has 2 rings (SSSR count). The van der Waals surface area contributed by atoms with Crippen molar-refractivity contribution in [2.24, 2.45) is 0 Å². The van der Waals surface area contributed by atoms with E-state index >= 15 is 0 Å². The van der Waals surface area contributed by atoms with Gasteiger partial charge in [0.1, 0.15) is 6.61 Å². The number of cyclic esters (lactones) is 2. The highest BCUT2D eigenvalue weighted by atomic mass is 16.8. The number of hydrogen-bond acceptors (Lipinski definition) is 6. The third-order valence-corrected chi connectivity index (χ3v) is 2.04. The summed E-state index contributed by atoms with van der Waals surface area (Å²) >= 11 is 0. The van der Waals surface area contributed by atoms with Gasteiger partial charge in [0.05, 0.1) is 11.1 Å². The molecule has 0 saturated carbocycles.